The number of para-hydroxylation sites is 2. The summed E-state index contributed by atoms with van der Waals surface area (Å²) < 4.78 is 7.23. The van der Waals surface area contributed by atoms with Gasteiger partial charge in [-0.2, -0.15) is 0 Å². The van der Waals surface area contributed by atoms with Crippen molar-refractivity contribution in [3.8, 4) is 17.1 Å². The van der Waals surface area contributed by atoms with Gasteiger partial charge in [0.2, 0.25) is 11.1 Å². The molecule has 0 saturated carbocycles. The van der Waals surface area contributed by atoms with Crippen LogP contribution in [0, 0.1) is 0 Å². The van der Waals surface area contributed by atoms with Gasteiger partial charge in [0.05, 0.1) is 18.8 Å². The highest BCUT2D eigenvalue weighted by molar-refractivity contribution is 8.00. The topological polar surface area (TPSA) is 81.1 Å². The smallest absolute Gasteiger partial charge is 0.240 e. The molecule has 3 aromatic carbocycles. The highest BCUT2D eigenvalue weighted by Crippen LogP contribution is 2.39. The van der Waals surface area contributed by atoms with Crippen molar-refractivity contribution in [1.82, 2.24) is 14.9 Å². The van der Waals surface area contributed by atoms with Crippen molar-refractivity contribution in [1.29, 1.82) is 0 Å². The molecule has 1 amide bonds. The highest BCUT2D eigenvalue weighted by Gasteiger charge is 2.38. The summed E-state index contributed by atoms with van der Waals surface area (Å²) in [6, 6.07) is 24.2. The van der Waals surface area contributed by atoms with Gasteiger partial charge in [-0.25, -0.2) is 4.68 Å². The summed E-state index contributed by atoms with van der Waals surface area (Å²) in [5.74, 6) is 1.10. The molecule has 1 aliphatic heterocycles. The molecule has 1 aliphatic rings. The zero-order chi connectivity index (χ0) is 22.8. The predicted molar refractivity (Wildman–Crippen MR) is 130 cm³/mol. The van der Waals surface area contributed by atoms with E-state index in [2.05, 4.69) is 20.9 Å². The fourth-order valence-corrected chi connectivity index (χ4v) is 4.91. The quantitative estimate of drug-likeness (QED) is 0.421. The molecule has 0 bridgehead atoms. The molecular weight excluding hydrogens is 458 g/mol. The number of hydrogen-bond acceptors (Lipinski definition) is 6. The van der Waals surface area contributed by atoms with E-state index in [0.29, 0.717) is 27.4 Å². The van der Waals surface area contributed by atoms with Crippen molar-refractivity contribution in [3.63, 3.8) is 0 Å². The standard InChI is InChI=1S/C24H20ClN5O2S/c1-32-19-10-6-5-9-18(19)26-23(31)21-20(15-11-13-17(25)14-12-15)29-30-22(27-28-24(30)33-21)16-7-3-2-4-8-16/h2-14,20-21,29H,1H3,(H,26,31)/t20-,21+/m1/s1. The van der Waals surface area contributed by atoms with Gasteiger partial charge >= 0.3 is 0 Å². The number of benzene rings is 3. The molecule has 1 aromatic heterocycles. The van der Waals surface area contributed by atoms with Crippen molar-refractivity contribution < 1.29 is 9.53 Å². The van der Waals surface area contributed by atoms with Crippen LogP contribution in [0.15, 0.2) is 84.0 Å². The molecule has 7 nitrogen and oxygen atoms in total. The number of nitrogens with zero attached hydrogens (tertiary/aromatic N) is 3. The first-order valence-corrected chi connectivity index (χ1v) is 11.5. The Kier molecular flexibility index (Phi) is 5.93. The number of fused-ring (bicyclic) bond motifs is 1. The first kappa shape index (κ1) is 21.4. The van der Waals surface area contributed by atoms with Crippen LogP contribution in [0.1, 0.15) is 11.6 Å². The van der Waals surface area contributed by atoms with E-state index >= 15 is 0 Å². The molecule has 0 fully saturated rings. The van der Waals surface area contributed by atoms with Gasteiger partial charge in [0.15, 0.2) is 5.82 Å². The highest BCUT2D eigenvalue weighted by atomic mass is 35.5. The molecule has 5 rings (SSSR count). The molecule has 0 radical (unpaired) electrons. The van der Waals surface area contributed by atoms with Gasteiger partial charge in [-0.05, 0) is 29.8 Å². The molecule has 33 heavy (non-hydrogen) atoms. The van der Waals surface area contributed by atoms with E-state index in [1.54, 1.807) is 13.2 Å². The summed E-state index contributed by atoms with van der Waals surface area (Å²) in [6.45, 7) is 0. The second kappa shape index (κ2) is 9.17. The molecule has 0 aliphatic carbocycles. The minimum Gasteiger partial charge on any atom is -0.495 e. The second-order valence-corrected chi connectivity index (χ2v) is 8.94. The number of amides is 1. The maximum absolute atomic E-state index is 13.5. The number of rotatable bonds is 5. The lowest BCUT2D eigenvalue weighted by Gasteiger charge is -2.33. The minimum atomic E-state index is -0.517. The SMILES string of the molecule is COc1ccccc1NC(=O)[C@H]1Sc2nnc(-c3ccccc3)n2N[C@@H]1c1ccc(Cl)cc1. The van der Waals surface area contributed by atoms with Gasteiger partial charge in [-0.15, -0.1) is 10.2 Å². The number of carbonyl (C=O) groups excluding carboxylic acids is 1. The van der Waals surface area contributed by atoms with Gasteiger partial charge in [-0.3, -0.25) is 4.79 Å². The van der Waals surface area contributed by atoms with Crippen molar-refractivity contribution in [3.05, 3.63) is 89.4 Å². The Hall–Kier alpha value is -3.49. The van der Waals surface area contributed by atoms with Crippen LogP contribution < -0.4 is 15.5 Å². The zero-order valence-corrected chi connectivity index (χ0v) is 19.2. The van der Waals surface area contributed by atoms with Gasteiger partial charge in [0.1, 0.15) is 11.0 Å². The number of anilines is 1. The fourth-order valence-electron chi connectivity index (χ4n) is 3.70. The largest absolute Gasteiger partial charge is 0.495 e. The summed E-state index contributed by atoms with van der Waals surface area (Å²) in [4.78, 5) is 13.5. The second-order valence-electron chi connectivity index (χ2n) is 7.39. The van der Waals surface area contributed by atoms with Crippen LogP contribution in [0.2, 0.25) is 5.02 Å². The molecule has 0 unspecified atom stereocenters. The number of halogens is 1. The summed E-state index contributed by atoms with van der Waals surface area (Å²) in [5, 5.41) is 12.4. The third-order valence-electron chi connectivity index (χ3n) is 5.32. The van der Waals surface area contributed by atoms with Crippen LogP contribution >= 0.6 is 23.4 Å². The summed E-state index contributed by atoms with van der Waals surface area (Å²) in [7, 11) is 1.58. The Morgan fingerprint density at radius 1 is 1.03 bits per heavy atom. The summed E-state index contributed by atoms with van der Waals surface area (Å²) in [5.41, 5.74) is 5.92. The lowest BCUT2D eigenvalue weighted by atomic mass is 10.0. The summed E-state index contributed by atoms with van der Waals surface area (Å²) in [6.07, 6.45) is 0. The van der Waals surface area contributed by atoms with Gasteiger partial charge in [0.25, 0.3) is 0 Å². The lowest BCUT2D eigenvalue weighted by molar-refractivity contribution is -0.116. The zero-order valence-electron chi connectivity index (χ0n) is 17.6. The van der Waals surface area contributed by atoms with Crippen LogP contribution in [0.4, 0.5) is 5.69 Å². The molecule has 2 heterocycles. The third kappa shape index (κ3) is 4.27. The lowest BCUT2D eigenvalue weighted by Crippen LogP contribution is -2.41. The van der Waals surface area contributed by atoms with Crippen LogP contribution in [-0.4, -0.2) is 33.1 Å². The maximum atomic E-state index is 13.5. The Morgan fingerprint density at radius 2 is 1.76 bits per heavy atom. The van der Waals surface area contributed by atoms with Gasteiger partial charge in [0, 0.05) is 10.6 Å². The molecule has 166 valence electrons. The molecule has 0 saturated heterocycles. The number of methoxy groups -OCH3 is 1. The average Bonchev–Trinajstić information content (AvgIpc) is 3.27. The van der Waals surface area contributed by atoms with Crippen molar-refractivity contribution >= 4 is 35.0 Å². The number of ether oxygens (including phenoxy) is 1. The van der Waals surface area contributed by atoms with E-state index in [9.17, 15) is 4.79 Å². The van der Waals surface area contributed by atoms with Crippen LogP contribution in [0.5, 0.6) is 5.75 Å². The Morgan fingerprint density at radius 3 is 2.52 bits per heavy atom. The predicted octanol–water partition coefficient (Wildman–Crippen LogP) is 5.00. The van der Waals surface area contributed by atoms with Gasteiger partial charge in [-0.1, -0.05) is 78.0 Å². The third-order valence-corrected chi connectivity index (χ3v) is 6.79. The number of hydrogen-bond donors (Lipinski definition) is 2. The monoisotopic (exact) mass is 477 g/mol. The number of nitrogens with one attached hydrogen (secondary N) is 2. The Balaban J connectivity index is 1.52. The number of aromatic nitrogens is 3. The van der Waals surface area contributed by atoms with Crippen LogP contribution in [0.3, 0.4) is 0 Å². The van der Waals surface area contributed by atoms with E-state index in [1.165, 1.54) is 11.8 Å². The molecule has 9 heteroatoms. The summed E-state index contributed by atoms with van der Waals surface area (Å²) >= 11 is 7.48. The average molecular weight is 478 g/mol. The Bertz CT molecular complexity index is 1280. The first-order chi connectivity index (χ1) is 16.1. The van der Waals surface area contributed by atoms with E-state index in [1.807, 2.05) is 77.5 Å². The molecule has 2 atom stereocenters. The Labute approximate surface area is 200 Å². The number of thioether (sulfide) groups is 1. The van der Waals surface area contributed by atoms with E-state index in [0.717, 1.165) is 11.1 Å². The minimum absolute atomic E-state index is 0.174. The van der Waals surface area contributed by atoms with E-state index in [4.69, 9.17) is 16.3 Å². The molecule has 4 aromatic rings. The van der Waals surface area contributed by atoms with Crippen molar-refractivity contribution in [2.45, 2.75) is 16.4 Å². The molecule has 0 spiro atoms. The van der Waals surface area contributed by atoms with Crippen molar-refractivity contribution in [2.75, 3.05) is 17.9 Å². The van der Waals surface area contributed by atoms with E-state index in [-0.39, 0.29) is 11.9 Å². The first-order valence-electron chi connectivity index (χ1n) is 10.3. The maximum Gasteiger partial charge on any atom is 0.240 e. The molecular formula is C24H20ClN5O2S. The number of carbonyl (C=O) groups is 1. The van der Waals surface area contributed by atoms with Crippen molar-refractivity contribution in [2.24, 2.45) is 0 Å². The molecule has 2 N–H and O–H groups in total. The van der Waals surface area contributed by atoms with Crippen LogP contribution in [-0.2, 0) is 4.79 Å². The van der Waals surface area contributed by atoms with E-state index < -0.39 is 5.25 Å². The van der Waals surface area contributed by atoms with Gasteiger partial charge < -0.3 is 15.5 Å². The normalized spacial score (nSPS) is 17.0. The van der Waals surface area contributed by atoms with Crippen LogP contribution in [0.25, 0.3) is 11.4 Å². The fraction of sp³-hybridized carbons (Fsp3) is 0.125.